The molecule has 104 valence electrons. The van der Waals surface area contributed by atoms with Crippen molar-refractivity contribution in [3.05, 3.63) is 38.8 Å². The summed E-state index contributed by atoms with van der Waals surface area (Å²) < 4.78 is 0. The number of benzene rings is 1. The van der Waals surface area contributed by atoms with E-state index in [0.717, 1.165) is 34.0 Å². The van der Waals surface area contributed by atoms with Gasteiger partial charge in [-0.05, 0) is 31.4 Å². The molecule has 0 spiro atoms. The number of carbonyl (C=O) groups is 1. The lowest BCUT2D eigenvalue weighted by atomic mass is 9.91. The van der Waals surface area contributed by atoms with Gasteiger partial charge in [-0.25, -0.2) is 4.98 Å². The quantitative estimate of drug-likeness (QED) is 0.875. The Morgan fingerprint density at radius 3 is 2.85 bits per heavy atom. The molecule has 1 unspecified atom stereocenters. The number of halogens is 2. The van der Waals surface area contributed by atoms with Crippen LogP contribution in [0.4, 0.5) is 0 Å². The minimum atomic E-state index is -0.795. The second kappa shape index (κ2) is 5.35. The number of aryl methyl sites for hydroxylation is 1. The third-order valence-electron chi connectivity index (χ3n) is 3.42. The van der Waals surface area contributed by atoms with E-state index in [2.05, 4.69) is 4.98 Å². The van der Waals surface area contributed by atoms with Crippen LogP contribution >= 0.6 is 34.5 Å². The van der Waals surface area contributed by atoms with Gasteiger partial charge >= 0.3 is 5.97 Å². The lowest BCUT2D eigenvalue weighted by molar-refractivity contribution is -0.139. The molecule has 0 amide bonds. The molecule has 3 rings (SSSR count). The molecule has 0 aliphatic heterocycles. The van der Waals surface area contributed by atoms with Crippen molar-refractivity contribution in [2.45, 2.75) is 25.2 Å². The first-order chi connectivity index (χ1) is 9.56. The van der Waals surface area contributed by atoms with Crippen LogP contribution in [0.3, 0.4) is 0 Å². The predicted octanol–water partition coefficient (Wildman–Crippen LogP) is 4.62. The molecule has 0 fully saturated rings. The number of nitrogens with zero attached hydrogens (tertiary/aromatic N) is 1. The third kappa shape index (κ3) is 2.43. The van der Waals surface area contributed by atoms with Crippen LogP contribution in [0.15, 0.2) is 18.2 Å². The van der Waals surface area contributed by atoms with Crippen LogP contribution in [0.1, 0.15) is 29.3 Å². The standard InChI is InChI=1S/C14H11Cl2NO2S/c15-9-5-4-7(6-10(9)16)13-17-12-8(14(18)19)2-1-3-11(12)20-13/h4-6,8H,1-3H2,(H,18,19). The highest BCUT2D eigenvalue weighted by atomic mass is 35.5. The van der Waals surface area contributed by atoms with Gasteiger partial charge in [-0.3, -0.25) is 4.79 Å². The Morgan fingerprint density at radius 1 is 1.35 bits per heavy atom. The van der Waals surface area contributed by atoms with Crippen LogP contribution in [0.25, 0.3) is 10.6 Å². The molecule has 1 heterocycles. The number of rotatable bonds is 2. The van der Waals surface area contributed by atoms with Gasteiger partial charge in [0.15, 0.2) is 0 Å². The maximum atomic E-state index is 11.3. The number of hydrogen-bond acceptors (Lipinski definition) is 3. The van der Waals surface area contributed by atoms with E-state index in [9.17, 15) is 9.90 Å². The number of fused-ring (bicyclic) bond motifs is 1. The molecule has 3 nitrogen and oxygen atoms in total. The fraction of sp³-hybridized carbons (Fsp3) is 0.286. The van der Waals surface area contributed by atoms with Crippen molar-refractivity contribution in [2.24, 2.45) is 0 Å². The van der Waals surface area contributed by atoms with Crippen molar-refractivity contribution in [3.8, 4) is 10.6 Å². The monoisotopic (exact) mass is 327 g/mol. The zero-order chi connectivity index (χ0) is 14.3. The molecule has 1 aromatic heterocycles. The van der Waals surface area contributed by atoms with E-state index in [1.165, 1.54) is 0 Å². The molecule has 0 saturated carbocycles. The van der Waals surface area contributed by atoms with Gasteiger partial charge in [0.25, 0.3) is 0 Å². The fourth-order valence-electron chi connectivity index (χ4n) is 2.41. The summed E-state index contributed by atoms with van der Waals surface area (Å²) >= 11 is 13.5. The topological polar surface area (TPSA) is 50.2 Å². The van der Waals surface area contributed by atoms with Gasteiger partial charge in [-0.15, -0.1) is 11.3 Å². The zero-order valence-electron chi connectivity index (χ0n) is 10.4. The van der Waals surface area contributed by atoms with Gasteiger partial charge in [0.1, 0.15) is 5.01 Å². The first kappa shape index (κ1) is 13.9. The van der Waals surface area contributed by atoms with Crippen LogP contribution in [-0.2, 0) is 11.2 Å². The summed E-state index contributed by atoms with van der Waals surface area (Å²) in [4.78, 5) is 16.9. The normalized spacial score (nSPS) is 17.8. The van der Waals surface area contributed by atoms with Crippen molar-refractivity contribution in [3.63, 3.8) is 0 Å². The Bertz CT molecular complexity index is 684. The Hall–Kier alpha value is -1.10. The number of carboxylic acids is 1. The van der Waals surface area contributed by atoms with E-state index in [1.807, 2.05) is 6.07 Å². The second-order valence-corrected chi connectivity index (χ2v) is 6.64. The molecule has 1 aliphatic rings. The van der Waals surface area contributed by atoms with E-state index < -0.39 is 11.9 Å². The highest BCUT2D eigenvalue weighted by Gasteiger charge is 2.30. The van der Waals surface area contributed by atoms with Gasteiger partial charge in [0.2, 0.25) is 0 Å². The molecule has 1 atom stereocenters. The maximum Gasteiger partial charge on any atom is 0.312 e. The summed E-state index contributed by atoms with van der Waals surface area (Å²) in [6.45, 7) is 0. The lowest BCUT2D eigenvalue weighted by Gasteiger charge is -2.16. The number of thiazole rings is 1. The van der Waals surface area contributed by atoms with Crippen molar-refractivity contribution < 1.29 is 9.90 Å². The van der Waals surface area contributed by atoms with Crippen molar-refractivity contribution in [1.82, 2.24) is 4.98 Å². The van der Waals surface area contributed by atoms with E-state index in [0.29, 0.717) is 16.5 Å². The van der Waals surface area contributed by atoms with Gasteiger partial charge in [-0.1, -0.05) is 29.3 Å². The summed E-state index contributed by atoms with van der Waals surface area (Å²) in [5, 5.41) is 11.1. The maximum absolute atomic E-state index is 11.3. The summed E-state index contributed by atoms with van der Waals surface area (Å²) in [6.07, 6.45) is 2.46. The van der Waals surface area contributed by atoms with Crippen LogP contribution in [-0.4, -0.2) is 16.1 Å². The number of hydrogen-bond donors (Lipinski definition) is 1. The van der Waals surface area contributed by atoms with Crippen molar-refractivity contribution in [2.75, 3.05) is 0 Å². The predicted molar refractivity (Wildman–Crippen MR) is 80.9 cm³/mol. The minimum Gasteiger partial charge on any atom is -0.481 e. The minimum absolute atomic E-state index is 0.479. The summed E-state index contributed by atoms with van der Waals surface area (Å²) in [7, 11) is 0. The molecule has 20 heavy (non-hydrogen) atoms. The number of carboxylic acid groups (broad SMARTS) is 1. The molecule has 0 saturated heterocycles. The van der Waals surface area contributed by atoms with Crippen molar-refractivity contribution in [1.29, 1.82) is 0 Å². The van der Waals surface area contributed by atoms with Gasteiger partial charge in [-0.2, -0.15) is 0 Å². The average Bonchev–Trinajstić information content (AvgIpc) is 2.85. The first-order valence-electron chi connectivity index (χ1n) is 6.24. The number of aliphatic carboxylic acids is 1. The van der Waals surface area contributed by atoms with Crippen LogP contribution in [0, 0.1) is 0 Å². The van der Waals surface area contributed by atoms with Gasteiger partial charge < -0.3 is 5.11 Å². The molecule has 0 bridgehead atoms. The zero-order valence-corrected chi connectivity index (χ0v) is 12.7. The van der Waals surface area contributed by atoms with Gasteiger partial charge in [0, 0.05) is 10.4 Å². The van der Waals surface area contributed by atoms with Crippen molar-refractivity contribution >= 4 is 40.5 Å². The molecule has 1 N–H and O–H groups in total. The lowest BCUT2D eigenvalue weighted by Crippen LogP contribution is -2.17. The average molecular weight is 328 g/mol. The molecule has 1 aliphatic carbocycles. The SMILES string of the molecule is O=C(O)C1CCCc2sc(-c3ccc(Cl)c(Cl)c3)nc21. The Morgan fingerprint density at radius 2 is 2.15 bits per heavy atom. The Balaban J connectivity index is 2.04. The largest absolute Gasteiger partial charge is 0.481 e. The first-order valence-corrected chi connectivity index (χ1v) is 7.81. The highest BCUT2D eigenvalue weighted by molar-refractivity contribution is 7.15. The van der Waals surface area contributed by atoms with Crippen LogP contribution < -0.4 is 0 Å². The number of aromatic nitrogens is 1. The Kier molecular flexibility index (Phi) is 3.71. The molecular weight excluding hydrogens is 317 g/mol. The summed E-state index contributed by atoms with van der Waals surface area (Å²) in [6, 6.07) is 5.35. The molecule has 0 radical (unpaired) electrons. The molecular formula is C14H11Cl2NO2S. The summed E-state index contributed by atoms with van der Waals surface area (Å²) in [5.74, 6) is -1.27. The van der Waals surface area contributed by atoms with Crippen LogP contribution in [0.2, 0.25) is 10.0 Å². The smallest absolute Gasteiger partial charge is 0.312 e. The molecule has 2 aromatic rings. The van der Waals surface area contributed by atoms with E-state index in [1.54, 1.807) is 23.5 Å². The fourth-order valence-corrected chi connectivity index (χ4v) is 3.87. The van der Waals surface area contributed by atoms with E-state index in [4.69, 9.17) is 23.2 Å². The highest BCUT2D eigenvalue weighted by Crippen LogP contribution is 2.39. The second-order valence-electron chi connectivity index (χ2n) is 4.74. The Labute approximate surface area is 130 Å². The third-order valence-corrected chi connectivity index (χ3v) is 5.34. The van der Waals surface area contributed by atoms with E-state index >= 15 is 0 Å². The molecule has 6 heteroatoms. The van der Waals surface area contributed by atoms with Gasteiger partial charge in [0.05, 0.1) is 21.7 Å². The van der Waals surface area contributed by atoms with Crippen LogP contribution in [0.5, 0.6) is 0 Å². The molecule has 1 aromatic carbocycles. The van der Waals surface area contributed by atoms with E-state index in [-0.39, 0.29) is 0 Å². The summed E-state index contributed by atoms with van der Waals surface area (Å²) in [5.41, 5.74) is 1.60.